The molecule has 12 nitrogen and oxygen atoms in total. The fourth-order valence-corrected chi connectivity index (χ4v) is 8.93. The van der Waals surface area contributed by atoms with E-state index in [0.29, 0.717) is 33.5 Å². The predicted molar refractivity (Wildman–Crippen MR) is 190 cm³/mol. The van der Waals surface area contributed by atoms with Crippen LogP contribution in [0.4, 0.5) is 22.7 Å². The molecule has 7 aromatic carbocycles. The number of anilines is 4. The third kappa shape index (κ3) is 3.49. The summed E-state index contributed by atoms with van der Waals surface area (Å²) in [4.78, 5) is 3.32. The number of para-hydroxylation sites is 4. The lowest BCUT2D eigenvalue weighted by molar-refractivity contribution is 0.361. The Bertz CT molecular complexity index is 3050. The van der Waals surface area contributed by atoms with Gasteiger partial charge >= 0.3 is 20.8 Å². The van der Waals surface area contributed by atoms with Crippen LogP contribution in [0.1, 0.15) is 0 Å². The van der Waals surface area contributed by atoms with Crippen molar-refractivity contribution in [2.45, 2.75) is 0 Å². The maximum atomic E-state index is 12.3. The van der Waals surface area contributed by atoms with Gasteiger partial charge in [0.2, 0.25) is 11.8 Å². The van der Waals surface area contributed by atoms with Gasteiger partial charge in [0.15, 0.2) is 0 Å². The van der Waals surface area contributed by atoms with E-state index in [1.165, 1.54) is 0 Å². The van der Waals surface area contributed by atoms with Gasteiger partial charge in [0.25, 0.3) is 0 Å². The minimum absolute atomic E-state index is 0.0582. The van der Waals surface area contributed by atoms with E-state index < -0.39 is 20.8 Å². The molecule has 7 aromatic rings. The van der Waals surface area contributed by atoms with Gasteiger partial charge in [-0.3, -0.25) is 18.9 Å². The lowest BCUT2D eigenvalue weighted by Gasteiger charge is -2.28. The Morgan fingerprint density at radius 3 is 1.20 bits per heavy atom. The maximum absolute atomic E-state index is 12.3. The van der Waals surface area contributed by atoms with Crippen LogP contribution in [0.3, 0.4) is 0 Å². The van der Waals surface area contributed by atoms with Crippen LogP contribution in [0.25, 0.3) is 66.5 Å². The molecule has 0 radical (unpaired) electrons. The van der Waals surface area contributed by atoms with E-state index in [1.54, 1.807) is 21.9 Å². The molecule has 0 saturated carbocycles. The Labute approximate surface area is 281 Å². The third-order valence-electron chi connectivity index (χ3n) is 9.89. The highest BCUT2D eigenvalue weighted by atomic mass is 32.3. The summed E-state index contributed by atoms with van der Waals surface area (Å²) in [6.07, 6.45) is 0. The van der Waals surface area contributed by atoms with Gasteiger partial charge in [-0.25, -0.2) is 0 Å². The van der Waals surface area contributed by atoms with Gasteiger partial charge in [0.1, 0.15) is 11.6 Å². The van der Waals surface area contributed by atoms with Gasteiger partial charge in [-0.1, -0.05) is 60.7 Å². The van der Waals surface area contributed by atoms with Crippen LogP contribution >= 0.6 is 0 Å². The molecule has 11 rings (SSSR count). The molecular weight excluding hydrogens is 681 g/mol. The van der Waals surface area contributed by atoms with Crippen LogP contribution in [-0.2, 0) is 29.2 Å². The van der Waals surface area contributed by atoms with Crippen LogP contribution in [0.2, 0.25) is 0 Å². The summed E-state index contributed by atoms with van der Waals surface area (Å²) in [5, 5.41) is 16.0. The van der Waals surface area contributed by atoms with E-state index in [2.05, 4.69) is 10.6 Å². The van der Waals surface area contributed by atoms with Gasteiger partial charge in [-0.05, 0) is 68.7 Å². The Kier molecular flexibility index (Phi) is 4.98. The molecule has 0 unspecified atom stereocenters. The molecule has 0 fully saturated rings. The smallest absolute Gasteiger partial charge is 0.342 e. The summed E-state index contributed by atoms with van der Waals surface area (Å²) in [6, 6.07) is 30.2. The lowest BCUT2D eigenvalue weighted by atomic mass is 9.86. The first-order valence-corrected chi connectivity index (χ1v) is 18.1. The fourth-order valence-electron chi connectivity index (χ4n) is 8.20. The Balaban J connectivity index is 1.32. The average molecular weight is 701 g/mol. The number of rotatable bonds is 4. The van der Waals surface area contributed by atoms with Crippen molar-refractivity contribution in [2.75, 3.05) is 20.4 Å². The van der Waals surface area contributed by atoms with Gasteiger partial charge in [-0.2, -0.15) is 16.8 Å². The van der Waals surface area contributed by atoms with E-state index in [0.717, 1.165) is 64.9 Å². The summed E-state index contributed by atoms with van der Waals surface area (Å²) in [7, 11) is -9.83. The quantitative estimate of drug-likeness (QED) is 0.121. The molecule has 0 amide bonds. The monoisotopic (exact) mass is 700 g/mol. The van der Waals surface area contributed by atoms with E-state index >= 15 is 0 Å². The molecule has 0 aromatic heterocycles. The second kappa shape index (κ2) is 8.94. The van der Waals surface area contributed by atoms with Gasteiger partial charge in [0, 0.05) is 31.6 Å². The van der Waals surface area contributed by atoms with Crippen molar-refractivity contribution >= 4 is 110 Å². The Morgan fingerprint density at radius 2 is 0.820 bits per heavy atom. The predicted octanol–water partition coefficient (Wildman–Crippen LogP) is 3.53. The molecule has 4 N–H and O–H groups in total. The molecule has 50 heavy (non-hydrogen) atoms. The highest BCUT2D eigenvalue weighted by Gasteiger charge is 2.37. The molecule has 4 aliphatic heterocycles. The van der Waals surface area contributed by atoms with Crippen molar-refractivity contribution in [1.82, 2.24) is 0 Å². The molecule has 4 aliphatic rings. The van der Waals surface area contributed by atoms with E-state index in [1.807, 2.05) is 84.9 Å². The molecular formula is C36H20N4O8S2. The molecule has 0 atom stereocenters. The molecule has 0 spiro atoms. The minimum atomic E-state index is -4.92. The van der Waals surface area contributed by atoms with E-state index in [4.69, 9.17) is 8.37 Å². The summed E-state index contributed by atoms with van der Waals surface area (Å²) in [5.74, 6) is 1.05. The van der Waals surface area contributed by atoms with E-state index in [9.17, 15) is 25.9 Å². The van der Waals surface area contributed by atoms with Crippen LogP contribution in [-0.4, -0.2) is 25.9 Å². The summed E-state index contributed by atoms with van der Waals surface area (Å²) < 4.78 is 79.6. The second-order valence-corrected chi connectivity index (χ2v) is 14.5. The van der Waals surface area contributed by atoms with Crippen molar-refractivity contribution in [1.29, 1.82) is 0 Å². The van der Waals surface area contributed by atoms with Crippen LogP contribution < -0.4 is 41.3 Å². The van der Waals surface area contributed by atoms with Crippen molar-refractivity contribution in [3.05, 3.63) is 118 Å². The minimum Gasteiger partial charge on any atom is -0.342 e. The summed E-state index contributed by atoms with van der Waals surface area (Å²) in [5.41, 5.74) is 2.82. The van der Waals surface area contributed by atoms with Gasteiger partial charge in [-0.15, -0.1) is 0 Å². The first-order chi connectivity index (χ1) is 24.1. The van der Waals surface area contributed by atoms with Crippen LogP contribution in [0.15, 0.2) is 97.1 Å². The van der Waals surface area contributed by atoms with Crippen molar-refractivity contribution < 1.29 is 34.3 Å². The number of nitrogens with one attached hydrogen (secondary N) is 2. The zero-order chi connectivity index (χ0) is 33.8. The molecule has 244 valence electrons. The number of benzene rings is 7. The number of hydrogen-bond acceptors (Lipinski definition) is 10. The highest BCUT2D eigenvalue weighted by Crippen LogP contribution is 2.45. The molecule has 0 bridgehead atoms. The first kappa shape index (κ1) is 27.8. The fraction of sp³-hybridized carbons (Fsp3) is 0. The number of fused-ring (bicyclic) bond motifs is 8. The van der Waals surface area contributed by atoms with Crippen LogP contribution in [0, 0.1) is 0 Å². The van der Waals surface area contributed by atoms with Gasteiger partial charge in [0.05, 0.1) is 22.7 Å². The zero-order valence-corrected chi connectivity index (χ0v) is 26.9. The Morgan fingerprint density at radius 1 is 0.460 bits per heavy atom. The summed E-state index contributed by atoms with van der Waals surface area (Å²) in [6.45, 7) is 0. The SMILES string of the molecule is O=S(=O)(O)OC1=c2ccc3c4ccc5c6c(ccc(c7ccc(c2c73)=C2Nc3ccccc3N21)c64)=C1Nc2ccccc2N1C=5OS(=O)(=O)O. The van der Waals surface area contributed by atoms with Crippen molar-refractivity contribution in [2.24, 2.45) is 0 Å². The Hall–Kier alpha value is -6.06. The van der Waals surface area contributed by atoms with Gasteiger partial charge < -0.3 is 19.0 Å². The average Bonchev–Trinajstić information content (AvgIpc) is 3.67. The zero-order valence-electron chi connectivity index (χ0n) is 25.3. The molecule has 0 aliphatic carbocycles. The molecule has 0 saturated heterocycles. The summed E-state index contributed by atoms with van der Waals surface area (Å²) >= 11 is 0. The standard InChI is InChI=1S/C36H20N4O8S2/c41-49(42,43)47-35-23-15-11-19-20-12-16-24-32-22(34-38-26-6-2-4-8-28(26)40(34)36(24)48-50(44,45)46)14-10-18(30(20)32)17-9-13-21(31(23)29(17)19)33-37-25-5-1-3-7-27(25)39(33)35/h1-16,37-38H,(H,41,42,43)(H,44,45,46). The topological polar surface area (TPSA) is 158 Å². The van der Waals surface area contributed by atoms with Crippen molar-refractivity contribution in [3.63, 3.8) is 0 Å². The molecule has 14 heteroatoms. The largest absolute Gasteiger partial charge is 0.447 e. The maximum Gasteiger partial charge on any atom is 0.447 e. The number of nitrogens with zero attached hydrogens (tertiary/aromatic N) is 2. The third-order valence-corrected chi connectivity index (χ3v) is 10.6. The molecule has 4 heterocycles. The number of hydrogen-bond donors (Lipinski definition) is 4. The second-order valence-electron chi connectivity index (χ2n) is 12.4. The highest BCUT2D eigenvalue weighted by molar-refractivity contribution is 7.81. The van der Waals surface area contributed by atoms with Crippen molar-refractivity contribution in [3.8, 4) is 0 Å². The first-order valence-electron chi connectivity index (χ1n) is 15.4. The van der Waals surface area contributed by atoms with E-state index in [-0.39, 0.29) is 11.8 Å². The lowest BCUT2D eigenvalue weighted by Crippen LogP contribution is -2.38. The normalized spacial score (nSPS) is 15.8. The van der Waals surface area contributed by atoms with Crippen LogP contribution in [0.5, 0.6) is 0 Å².